The van der Waals surface area contributed by atoms with Crippen molar-refractivity contribution in [2.24, 2.45) is 0 Å². The summed E-state index contributed by atoms with van der Waals surface area (Å²) in [6, 6.07) is 10.8. The molecular formula is C28H37N3O5. The van der Waals surface area contributed by atoms with Crippen LogP contribution in [0.1, 0.15) is 53.7 Å². The highest BCUT2D eigenvalue weighted by Gasteiger charge is 2.46. The lowest BCUT2D eigenvalue weighted by molar-refractivity contribution is -0.136. The van der Waals surface area contributed by atoms with Crippen LogP contribution in [0.3, 0.4) is 0 Å². The Morgan fingerprint density at radius 2 is 1.58 bits per heavy atom. The fourth-order valence-corrected chi connectivity index (χ4v) is 5.47. The van der Waals surface area contributed by atoms with Gasteiger partial charge in [0.1, 0.15) is 0 Å². The Kier molecular flexibility index (Phi) is 8.04. The highest BCUT2D eigenvalue weighted by atomic mass is 16.5. The number of hydrogen-bond donors (Lipinski definition) is 0. The molecule has 1 fully saturated rings. The average Bonchev–Trinajstić information content (AvgIpc) is 2.93. The molecule has 2 atom stereocenters. The Balaban J connectivity index is 1.87. The third kappa shape index (κ3) is 4.62. The Morgan fingerprint density at radius 3 is 2.14 bits per heavy atom. The zero-order chi connectivity index (χ0) is 25.8. The molecule has 2 aliphatic heterocycles. The summed E-state index contributed by atoms with van der Waals surface area (Å²) in [5, 5.41) is 0. The van der Waals surface area contributed by atoms with Gasteiger partial charge in [-0.25, -0.2) is 0 Å². The molecule has 8 heteroatoms. The summed E-state index contributed by atoms with van der Waals surface area (Å²) in [7, 11) is 4.70. The summed E-state index contributed by atoms with van der Waals surface area (Å²) in [5.41, 5.74) is 2.16. The van der Waals surface area contributed by atoms with Gasteiger partial charge in [0.05, 0.1) is 33.3 Å². The van der Waals surface area contributed by atoms with Crippen molar-refractivity contribution < 1.29 is 23.8 Å². The number of rotatable bonds is 8. The number of carbonyl (C=O) groups excluding carboxylic acids is 2. The maximum atomic E-state index is 14.3. The molecule has 4 rings (SSSR count). The molecule has 36 heavy (non-hydrogen) atoms. The lowest BCUT2D eigenvalue weighted by atomic mass is 9.78. The van der Waals surface area contributed by atoms with Crippen LogP contribution in [-0.2, 0) is 4.79 Å². The number of methoxy groups -OCH3 is 3. The van der Waals surface area contributed by atoms with Crippen molar-refractivity contribution in [1.29, 1.82) is 0 Å². The number of nitrogens with zero attached hydrogens (tertiary/aromatic N) is 3. The minimum Gasteiger partial charge on any atom is -0.493 e. The van der Waals surface area contributed by atoms with Gasteiger partial charge in [-0.3, -0.25) is 9.59 Å². The van der Waals surface area contributed by atoms with Crippen LogP contribution in [0.15, 0.2) is 36.4 Å². The maximum Gasteiger partial charge on any atom is 0.254 e. The van der Waals surface area contributed by atoms with E-state index in [1.807, 2.05) is 53.1 Å². The smallest absolute Gasteiger partial charge is 0.254 e. The van der Waals surface area contributed by atoms with Crippen LogP contribution in [0.2, 0.25) is 0 Å². The molecule has 0 spiro atoms. The minimum atomic E-state index is -0.540. The molecular weight excluding hydrogens is 458 g/mol. The first-order chi connectivity index (χ1) is 17.5. The largest absolute Gasteiger partial charge is 0.493 e. The molecule has 0 saturated carbocycles. The third-order valence-electron chi connectivity index (χ3n) is 7.33. The van der Waals surface area contributed by atoms with Crippen LogP contribution < -0.4 is 14.2 Å². The first kappa shape index (κ1) is 25.8. The molecule has 1 saturated heterocycles. The highest BCUT2D eigenvalue weighted by Crippen LogP contribution is 2.48. The first-order valence-corrected chi connectivity index (χ1v) is 12.7. The van der Waals surface area contributed by atoms with E-state index < -0.39 is 12.0 Å². The van der Waals surface area contributed by atoms with Crippen molar-refractivity contribution >= 4 is 11.8 Å². The summed E-state index contributed by atoms with van der Waals surface area (Å²) in [4.78, 5) is 34.2. The zero-order valence-corrected chi connectivity index (χ0v) is 22.0. The molecule has 0 unspecified atom stereocenters. The van der Waals surface area contributed by atoms with Crippen molar-refractivity contribution in [2.45, 2.75) is 32.2 Å². The second kappa shape index (κ2) is 11.2. The number of amides is 2. The zero-order valence-electron chi connectivity index (χ0n) is 22.0. The molecule has 2 aromatic carbocycles. The number of piperazine rings is 1. The average molecular weight is 496 g/mol. The number of fused-ring (bicyclic) bond motifs is 1. The molecule has 194 valence electrons. The van der Waals surface area contributed by atoms with Crippen molar-refractivity contribution in [3.8, 4) is 17.2 Å². The Morgan fingerprint density at radius 1 is 0.944 bits per heavy atom. The van der Waals surface area contributed by atoms with Gasteiger partial charge in [-0.05, 0) is 42.3 Å². The van der Waals surface area contributed by atoms with Crippen LogP contribution in [0.5, 0.6) is 17.2 Å². The number of ether oxygens (including phenoxy) is 3. The predicted octanol–water partition coefficient (Wildman–Crippen LogP) is 3.57. The quantitative estimate of drug-likeness (QED) is 0.558. The third-order valence-corrected chi connectivity index (χ3v) is 7.33. The van der Waals surface area contributed by atoms with Gasteiger partial charge in [0.2, 0.25) is 11.7 Å². The Labute approximate surface area is 213 Å². The second-order valence-corrected chi connectivity index (χ2v) is 9.23. The Bertz CT molecular complexity index is 1070. The SMILES string of the molecule is CCCN1C(=O)c2ccccc2[C@H](C(=O)N2CCN(CC)CC2)[C@H]1c1cc(OC)c(OC)c(OC)c1. The number of benzene rings is 2. The maximum absolute atomic E-state index is 14.3. The van der Waals surface area contributed by atoms with Gasteiger partial charge >= 0.3 is 0 Å². The van der Waals surface area contributed by atoms with Crippen molar-refractivity contribution in [1.82, 2.24) is 14.7 Å². The van der Waals surface area contributed by atoms with E-state index in [4.69, 9.17) is 14.2 Å². The first-order valence-electron chi connectivity index (χ1n) is 12.7. The monoisotopic (exact) mass is 495 g/mol. The van der Waals surface area contributed by atoms with E-state index in [0.29, 0.717) is 42.4 Å². The van der Waals surface area contributed by atoms with Gasteiger partial charge in [-0.2, -0.15) is 0 Å². The van der Waals surface area contributed by atoms with Gasteiger partial charge < -0.3 is 28.9 Å². The fraction of sp³-hybridized carbons (Fsp3) is 0.500. The lowest BCUT2D eigenvalue weighted by Gasteiger charge is -2.44. The molecule has 2 aliphatic rings. The van der Waals surface area contributed by atoms with Crippen LogP contribution in [0, 0.1) is 0 Å². The molecule has 0 aromatic heterocycles. The molecule has 0 aliphatic carbocycles. The van der Waals surface area contributed by atoms with E-state index in [1.54, 1.807) is 21.3 Å². The van der Waals surface area contributed by atoms with Gasteiger partial charge in [-0.1, -0.05) is 32.0 Å². The number of likely N-dealkylation sites (N-methyl/N-ethyl adjacent to an activating group) is 1. The van der Waals surface area contributed by atoms with Crippen LogP contribution in [0.25, 0.3) is 0 Å². The van der Waals surface area contributed by atoms with Crippen LogP contribution in [-0.4, -0.2) is 87.1 Å². The molecule has 8 nitrogen and oxygen atoms in total. The van der Waals surface area contributed by atoms with E-state index in [2.05, 4.69) is 11.8 Å². The summed E-state index contributed by atoms with van der Waals surface area (Å²) >= 11 is 0. The van der Waals surface area contributed by atoms with Crippen molar-refractivity contribution in [2.75, 3.05) is 60.6 Å². The predicted molar refractivity (Wildman–Crippen MR) is 138 cm³/mol. The molecule has 2 amide bonds. The molecule has 0 radical (unpaired) electrons. The van der Waals surface area contributed by atoms with E-state index in [0.717, 1.165) is 37.2 Å². The topological polar surface area (TPSA) is 71.6 Å². The number of carbonyl (C=O) groups is 2. The summed E-state index contributed by atoms with van der Waals surface area (Å²) < 4.78 is 16.8. The molecule has 0 N–H and O–H groups in total. The second-order valence-electron chi connectivity index (χ2n) is 9.23. The Hall–Kier alpha value is -3.26. The van der Waals surface area contributed by atoms with E-state index in [-0.39, 0.29) is 11.8 Å². The van der Waals surface area contributed by atoms with Gasteiger partial charge in [0.15, 0.2) is 11.5 Å². The number of hydrogen-bond acceptors (Lipinski definition) is 6. The van der Waals surface area contributed by atoms with Gasteiger partial charge in [0.25, 0.3) is 5.91 Å². The van der Waals surface area contributed by atoms with E-state index in [1.165, 1.54) is 0 Å². The normalized spacial score (nSPS) is 20.2. The molecule has 0 bridgehead atoms. The van der Waals surface area contributed by atoms with Crippen molar-refractivity contribution in [3.05, 3.63) is 53.1 Å². The summed E-state index contributed by atoms with van der Waals surface area (Å²) in [6.07, 6.45) is 0.769. The highest BCUT2D eigenvalue weighted by molar-refractivity contribution is 6.01. The van der Waals surface area contributed by atoms with Crippen LogP contribution in [0.4, 0.5) is 0 Å². The van der Waals surface area contributed by atoms with Gasteiger partial charge in [-0.15, -0.1) is 0 Å². The van der Waals surface area contributed by atoms with Gasteiger partial charge in [0, 0.05) is 38.3 Å². The molecule has 2 heterocycles. The lowest BCUT2D eigenvalue weighted by Crippen LogP contribution is -2.53. The minimum absolute atomic E-state index is 0.0468. The standard InChI is InChI=1S/C28H37N3O5/c1-6-12-31-25(19-17-22(34-3)26(36-5)23(18-19)35-4)24(20-10-8-9-11-21(20)27(31)32)28(33)30-15-13-29(7-2)14-16-30/h8-11,17-18,24-25H,6-7,12-16H2,1-5H3/t24-,25+/m0/s1. The summed E-state index contributed by atoms with van der Waals surface area (Å²) in [5.74, 6) is 0.916. The van der Waals surface area contributed by atoms with E-state index in [9.17, 15) is 9.59 Å². The van der Waals surface area contributed by atoms with E-state index >= 15 is 0 Å². The van der Waals surface area contributed by atoms with Crippen molar-refractivity contribution in [3.63, 3.8) is 0 Å². The molecule has 2 aromatic rings. The van der Waals surface area contributed by atoms with Crippen LogP contribution >= 0.6 is 0 Å². The fourth-order valence-electron chi connectivity index (χ4n) is 5.47. The summed E-state index contributed by atoms with van der Waals surface area (Å²) in [6.45, 7) is 8.74.